The highest BCUT2D eigenvalue weighted by atomic mass is 35.5. The summed E-state index contributed by atoms with van der Waals surface area (Å²) in [4.78, 5) is 16.5. The molecule has 0 spiro atoms. The van der Waals surface area contributed by atoms with Gasteiger partial charge in [0, 0.05) is 27.4 Å². The second-order valence-corrected chi connectivity index (χ2v) is 8.54. The van der Waals surface area contributed by atoms with Crippen LogP contribution >= 0.6 is 23.2 Å². The molecule has 0 N–H and O–H groups in total. The summed E-state index contributed by atoms with van der Waals surface area (Å²) in [7, 11) is 0. The van der Waals surface area contributed by atoms with Crippen molar-refractivity contribution in [3.63, 3.8) is 0 Å². The van der Waals surface area contributed by atoms with Gasteiger partial charge in [-0.2, -0.15) is 22.8 Å². The van der Waals surface area contributed by atoms with Gasteiger partial charge in [-0.15, -0.1) is 5.10 Å². The van der Waals surface area contributed by atoms with Gasteiger partial charge >= 0.3 is 11.9 Å². The van der Waals surface area contributed by atoms with Crippen LogP contribution in [-0.2, 0) is 12.7 Å². The molecule has 5 rings (SSSR count). The number of nitrogens with zero attached hydrogens (tertiary/aromatic N) is 5. The average Bonchev–Trinajstić information content (AvgIpc) is 3.14. The van der Waals surface area contributed by atoms with Gasteiger partial charge in [-0.3, -0.25) is 4.98 Å². The molecule has 0 aliphatic carbocycles. The molecule has 0 atom stereocenters. The maximum absolute atomic E-state index is 13.1. The molecule has 0 saturated carbocycles. The minimum absolute atomic E-state index is 0.0797. The molecule has 0 unspecified atom stereocenters. The van der Waals surface area contributed by atoms with E-state index in [1.54, 1.807) is 42.6 Å². The standard InChI is InChI=1S/C24H14Cl2F3N5O/c25-17-6-2-15(3-7-17)19-12-31-34-22(21(19)16-4-8-18(26)9-5-16)32-33(23(34)35)13-14-1-10-20(30-11-14)24(27,28)29/h1-12H,13H2. The molecule has 0 bridgehead atoms. The Morgan fingerprint density at radius 1 is 0.829 bits per heavy atom. The van der Waals surface area contributed by atoms with Crippen LogP contribution in [0, 0.1) is 0 Å². The summed E-state index contributed by atoms with van der Waals surface area (Å²) in [5.74, 6) is 0. The van der Waals surface area contributed by atoms with Crippen LogP contribution in [0.5, 0.6) is 0 Å². The van der Waals surface area contributed by atoms with Crippen LogP contribution in [0.3, 0.4) is 0 Å². The number of alkyl halides is 3. The lowest BCUT2D eigenvalue weighted by Crippen LogP contribution is -2.23. The molecule has 0 radical (unpaired) electrons. The summed E-state index contributed by atoms with van der Waals surface area (Å²) in [6.45, 7) is -0.0797. The minimum Gasteiger partial charge on any atom is -0.251 e. The van der Waals surface area contributed by atoms with Crippen LogP contribution in [0.25, 0.3) is 27.9 Å². The van der Waals surface area contributed by atoms with Crippen molar-refractivity contribution in [2.24, 2.45) is 0 Å². The Hall–Kier alpha value is -3.69. The fraction of sp³-hybridized carbons (Fsp3) is 0.0833. The third-order valence-corrected chi connectivity index (χ3v) is 5.85. The Morgan fingerprint density at radius 2 is 1.46 bits per heavy atom. The highest BCUT2D eigenvalue weighted by Gasteiger charge is 2.32. The minimum atomic E-state index is -4.55. The summed E-state index contributed by atoms with van der Waals surface area (Å²) in [6.07, 6.45) is -1.91. The van der Waals surface area contributed by atoms with E-state index >= 15 is 0 Å². The van der Waals surface area contributed by atoms with Gasteiger partial charge in [0.2, 0.25) is 0 Å². The number of aromatic nitrogens is 5. The van der Waals surface area contributed by atoms with Crippen molar-refractivity contribution in [1.29, 1.82) is 0 Å². The zero-order valence-electron chi connectivity index (χ0n) is 17.7. The monoisotopic (exact) mass is 515 g/mol. The highest BCUT2D eigenvalue weighted by molar-refractivity contribution is 6.31. The van der Waals surface area contributed by atoms with Crippen LogP contribution in [0.15, 0.2) is 77.9 Å². The van der Waals surface area contributed by atoms with E-state index in [0.717, 1.165) is 32.6 Å². The molecule has 35 heavy (non-hydrogen) atoms. The quantitative estimate of drug-likeness (QED) is 0.294. The van der Waals surface area contributed by atoms with E-state index in [1.165, 1.54) is 6.07 Å². The topological polar surface area (TPSA) is 65.1 Å². The van der Waals surface area contributed by atoms with Gasteiger partial charge in [0.1, 0.15) is 5.69 Å². The smallest absolute Gasteiger partial charge is 0.251 e. The van der Waals surface area contributed by atoms with E-state index in [4.69, 9.17) is 23.2 Å². The van der Waals surface area contributed by atoms with Crippen molar-refractivity contribution in [3.05, 3.63) is 105 Å². The van der Waals surface area contributed by atoms with Crippen molar-refractivity contribution in [3.8, 4) is 22.3 Å². The number of hydrogen-bond donors (Lipinski definition) is 0. The van der Waals surface area contributed by atoms with Crippen molar-refractivity contribution in [2.75, 3.05) is 0 Å². The van der Waals surface area contributed by atoms with Crippen LogP contribution in [-0.4, -0.2) is 24.4 Å². The van der Waals surface area contributed by atoms with Gasteiger partial charge in [0.15, 0.2) is 5.65 Å². The summed E-state index contributed by atoms with van der Waals surface area (Å²) in [6, 6.07) is 16.3. The van der Waals surface area contributed by atoms with Gasteiger partial charge in [-0.25, -0.2) is 9.48 Å². The zero-order valence-corrected chi connectivity index (χ0v) is 19.2. The van der Waals surface area contributed by atoms with Crippen LogP contribution in [0.2, 0.25) is 10.0 Å². The Bertz CT molecular complexity index is 1580. The molecule has 11 heteroatoms. The largest absolute Gasteiger partial charge is 0.433 e. The van der Waals surface area contributed by atoms with Crippen molar-refractivity contribution in [1.82, 2.24) is 24.4 Å². The Balaban J connectivity index is 1.66. The first-order chi connectivity index (χ1) is 16.7. The number of pyridine rings is 1. The second-order valence-electron chi connectivity index (χ2n) is 7.67. The first-order valence-corrected chi connectivity index (χ1v) is 11.0. The number of rotatable bonds is 4. The average molecular weight is 516 g/mol. The normalized spacial score (nSPS) is 11.8. The van der Waals surface area contributed by atoms with E-state index < -0.39 is 17.6 Å². The fourth-order valence-electron chi connectivity index (χ4n) is 3.67. The van der Waals surface area contributed by atoms with Gasteiger partial charge < -0.3 is 0 Å². The number of hydrogen-bond acceptors (Lipinski definition) is 4. The SMILES string of the molecule is O=c1n(Cc2ccc(C(F)(F)F)nc2)nc2c(-c3ccc(Cl)cc3)c(-c3ccc(Cl)cc3)cnn12. The molecule has 2 aromatic carbocycles. The second kappa shape index (κ2) is 8.83. The third-order valence-electron chi connectivity index (χ3n) is 5.35. The van der Waals surface area contributed by atoms with E-state index in [2.05, 4.69) is 15.2 Å². The van der Waals surface area contributed by atoms with Crippen molar-refractivity contribution >= 4 is 28.8 Å². The molecule has 3 aromatic heterocycles. The predicted molar refractivity (Wildman–Crippen MR) is 126 cm³/mol. The zero-order chi connectivity index (χ0) is 24.7. The third kappa shape index (κ3) is 4.52. The molecule has 0 aliphatic rings. The molecule has 176 valence electrons. The van der Waals surface area contributed by atoms with E-state index in [9.17, 15) is 18.0 Å². The summed E-state index contributed by atoms with van der Waals surface area (Å²) >= 11 is 12.1. The van der Waals surface area contributed by atoms with Crippen molar-refractivity contribution < 1.29 is 13.2 Å². The van der Waals surface area contributed by atoms with Crippen LogP contribution in [0.1, 0.15) is 11.3 Å². The molecule has 5 aromatic rings. The first-order valence-electron chi connectivity index (χ1n) is 10.2. The molecular formula is C24H14Cl2F3N5O. The lowest BCUT2D eigenvalue weighted by Gasteiger charge is -2.11. The number of benzene rings is 2. The lowest BCUT2D eigenvalue weighted by atomic mass is 9.97. The first kappa shape index (κ1) is 23.1. The molecule has 0 aliphatic heterocycles. The van der Waals surface area contributed by atoms with Crippen molar-refractivity contribution in [2.45, 2.75) is 12.7 Å². The van der Waals surface area contributed by atoms with Gasteiger partial charge in [-0.1, -0.05) is 53.5 Å². The summed E-state index contributed by atoms with van der Waals surface area (Å²) in [5, 5.41) is 9.88. The Labute approximate surface area is 206 Å². The van der Waals surface area contributed by atoms with E-state index in [1.807, 2.05) is 12.1 Å². The molecule has 0 fully saturated rings. The summed E-state index contributed by atoms with van der Waals surface area (Å²) < 4.78 is 40.8. The predicted octanol–water partition coefficient (Wildman–Crippen LogP) is 5.99. The van der Waals surface area contributed by atoms with Crippen LogP contribution < -0.4 is 5.69 Å². The van der Waals surface area contributed by atoms with Gasteiger partial charge in [0.05, 0.1) is 12.7 Å². The molecule has 3 heterocycles. The Kier molecular flexibility index (Phi) is 5.82. The maximum atomic E-state index is 13.1. The van der Waals surface area contributed by atoms with Gasteiger partial charge in [-0.05, 0) is 47.0 Å². The molecule has 0 saturated heterocycles. The van der Waals surface area contributed by atoms with Gasteiger partial charge in [0.25, 0.3) is 0 Å². The molecule has 0 amide bonds. The fourth-order valence-corrected chi connectivity index (χ4v) is 3.92. The lowest BCUT2D eigenvalue weighted by molar-refractivity contribution is -0.141. The molecule has 6 nitrogen and oxygen atoms in total. The molecular weight excluding hydrogens is 502 g/mol. The number of fused-ring (bicyclic) bond motifs is 1. The van der Waals surface area contributed by atoms with Crippen LogP contribution in [0.4, 0.5) is 13.2 Å². The Morgan fingerprint density at radius 3 is 2.03 bits per heavy atom. The van der Waals surface area contributed by atoms with E-state index in [-0.39, 0.29) is 12.2 Å². The number of halogens is 5. The summed E-state index contributed by atoms with van der Waals surface area (Å²) in [5.41, 5.74) is 2.02. The maximum Gasteiger partial charge on any atom is 0.433 e. The highest BCUT2D eigenvalue weighted by Crippen LogP contribution is 2.35. The van der Waals surface area contributed by atoms with E-state index in [0.29, 0.717) is 26.7 Å².